The van der Waals surface area contributed by atoms with E-state index in [1.54, 1.807) is 0 Å². The summed E-state index contributed by atoms with van der Waals surface area (Å²) in [6, 6.07) is 5.99. The highest BCUT2D eigenvalue weighted by Crippen LogP contribution is 2.32. The SMILES string of the molecule is CC(C)CNC(=O)C1CC2CN(Cc3ccccn3)CC1O2. The number of aromatic nitrogens is 1. The molecule has 2 fully saturated rings. The lowest BCUT2D eigenvalue weighted by molar-refractivity contribution is -0.128. The van der Waals surface area contributed by atoms with E-state index in [1.165, 1.54) is 0 Å². The van der Waals surface area contributed by atoms with E-state index in [4.69, 9.17) is 4.74 Å². The van der Waals surface area contributed by atoms with Gasteiger partial charge in [0.1, 0.15) is 0 Å². The van der Waals surface area contributed by atoms with Crippen molar-refractivity contribution < 1.29 is 9.53 Å². The Labute approximate surface area is 132 Å². The summed E-state index contributed by atoms with van der Waals surface area (Å²) in [5.41, 5.74) is 1.07. The highest BCUT2D eigenvalue weighted by atomic mass is 16.5. The van der Waals surface area contributed by atoms with Gasteiger partial charge in [0.05, 0.1) is 23.8 Å². The van der Waals surface area contributed by atoms with Crippen LogP contribution < -0.4 is 5.32 Å². The van der Waals surface area contributed by atoms with Crippen LogP contribution in [0.1, 0.15) is 26.0 Å². The third-order valence-electron chi connectivity index (χ3n) is 4.37. The Hall–Kier alpha value is -1.46. The van der Waals surface area contributed by atoms with Crippen LogP contribution in [0, 0.1) is 11.8 Å². The summed E-state index contributed by atoms with van der Waals surface area (Å²) in [5, 5.41) is 3.05. The molecule has 1 aromatic heterocycles. The van der Waals surface area contributed by atoms with Crippen LogP contribution in [-0.4, -0.2) is 47.6 Å². The van der Waals surface area contributed by atoms with E-state index < -0.39 is 0 Å². The van der Waals surface area contributed by atoms with Crippen LogP contribution in [0.4, 0.5) is 0 Å². The fourth-order valence-electron chi connectivity index (χ4n) is 3.30. The van der Waals surface area contributed by atoms with Gasteiger partial charge in [0.2, 0.25) is 5.91 Å². The first kappa shape index (κ1) is 15.4. The van der Waals surface area contributed by atoms with Crippen LogP contribution in [-0.2, 0) is 16.1 Å². The maximum atomic E-state index is 12.3. The minimum absolute atomic E-state index is 0.00233. The van der Waals surface area contributed by atoms with E-state index in [0.29, 0.717) is 5.92 Å². The molecule has 0 radical (unpaired) electrons. The van der Waals surface area contributed by atoms with Crippen LogP contribution in [0.25, 0.3) is 0 Å². The summed E-state index contributed by atoms with van der Waals surface area (Å²) in [6.07, 6.45) is 2.87. The number of likely N-dealkylation sites (tertiary alicyclic amines) is 1. The van der Waals surface area contributed by atoms with Gasteiger partial charge in [0, 0.05) is 32.4 Å². The van der Waals surface area contributed by atoms with Crippen molar-refractivity contribution in [3.8, 4) is 0 Å². The fourth-order valence-corrected chi connectivity index (χ4v) is 3.30. The summed E-state index contributed by atoms with van der Waals surface area (Å²) in [6.45, 7) is 7.49. The summed E-state index contributed by atoms with van der Waals surface area (Å²) in [5.74, 6) is 0.629. The molecule has 120 valence electrons. The highest BCUT2D eigenvalue weighted by molar-refractivity contribution is 5.79. The third kappa shape index (κ3) is 3.65. The lowest BCUT2D eigenvalue weighted by Gasteiger charge is -2.32. The van der Waals surface area contributed by atoms with Crippen molar-refractivity contribution in [3.05, 3.63) is 30.1 Å². The summed E-state index contributed by atoms with van der Waals surface area (Å²) < 4.78 is 5.98. The molecule has 2 aliphatic heterocycles. The number of pyridine rings is 1. The number of ether oxygens (including phenoxy) is 1. The van der Waals surface area contributed by atoms with Crippen molar-refractivity contribution in [2.75, 3.05) is 19.6 Å². The number of hydrogen-bond acceptors (Lipinski definition) is 4. The summed E-state index contributed by atoms with van der Waals surface area (Å²) >= 11 is 0. The Morgan fingerprint density at radius 1 is 1.45 bits per heavy atom. The molecule has 5 nitrogen and oxygen atoms in total. The number of carbonyl (C=O) groups is 1. The standard InChI is InChI=1S/C17H25N3O2/c1-12(2)8-19-17(21)15-7-14-10-20(11-16(15)22-14)9-13-5-3-4-6-18-13/h3-6,12,14-16H,7-11H2,1-2H3,(H,19,21). The molecule has 3 heterocycles. The smallest absolute Gasteiger partial charge is 0.225 e. The van der Waals surface area contributed by atoms with Gasteiger partial charge >= 0.3 is 0 Å². The van der Waals surface area contributed by atoms with Crippen LogP contribution in [0.3, 0.4) is 0 Å². The molecule has 0 aromatic carbocycles. The molecule has 22 heavy (non-hydrogen) atoms. The minimum Gasteiger partial charge on any atom is -0.371 e. The molecule has 0 spiro atoms. The molecule has 1 aromatic rings. The van der Waals surface area contributed by atoms with Crippen molar-refractivity contribution in [3.63, 3.8) is 0 Å². The van der Waals surface area contributed by atoms with Gasteiger partial charge in [-0.15, -0.1) is 0 Å². The van der Waals surface area contributed by atoms with Crippen molar-refractivity contribution >= 4 is 5.91 Å². The summed E-state index contributed by atoms with van der Waals surface area (Å²) in [7, 11) is 0. The zero-order chi connectivity index (χ0) is 15.5. The number of morpholine rings is 1. The zero-order valence-electron chi connectivity index (χ0n) is 13.4. The second kappa shape index (κ2) is 6.75. The second-order valence-corrected chi connectivity index (χ2v) is 6.79. The Bertz CT molecular complexity index is 506. The monoisotopic (exact) mass is 303 g/mol. The number of nitrogens with zero attached hydrogens (tertiary/aromatic N) is 2. The van der Waals surface area contributed by atoms with Crippen molar-refractivity contribution in [2.45, 2.75) is 39.0 Å². The first-order chi connectivity index (χ1) is 10.6. The normalized spacial score (nSPS) is 28.0. The molecule has 1 amide bonds. The van der Waals surface area contributed by atoms with Gasteiger partial charge in [-0.25, -0.2) is 0 Å². The van der Waals surface area contributed by atoms with Gasteiger partial charge in [-0.2, -0.15) is 0 Å². The molecule has 1 N–H and O–H groups in total. The topological polar surface area (TPSA) is 54.5 Å². The number of nitrogens with one attached hydrogen (secondary N) is 1. The Morgan fingerprint density at radius 2 is 2.32 bits per heavy atom. The molecular weight excluding hydrogens is 278 g/mol. The molecule has 3 atom stereocenters. The van der Waals surface area contributed by atoms with E-state index in [0.717, 1.165) is 38.3 Å². The first-order valence-corrected chi connectivity index (χ1v) is 8.17. The zero-order valence-corrected chi connectivity index (χ0v) is 13.4. The Balaban J connectivity index is 1.56. The first-order valence-electron chi connectivity index (χ1n) is 8.17. The van der Waals surface area contributed by atoms with Gasteiger partial charge in [-0.3, -0.25) is 14.7 Å². The van der Waals surface area contributed by atoms with E-state index in [-0.39, 0.29) is 24.0 Å². The van der Waals surface area contributed by atoms with E-state index in [1.807, 2.05) is 24.4 Å². The molecule has 2 bridgehead atoms. The lowest BCUT2D eigenvalue weighted by Crippen LogP contribution is -2.45. The highest BCUT2D eigenvalue weighted by Gasteiger charge is 2.44. The molecule has 2 saturated heterocycles. The average Bonchev–Trinajstić information content (AvgIpc) is 2.80. The second-order valence-electron chi connectivity index (χ2n) is 6.79. The summed E-state index contributed by atoms with van der Waals surface area (Å²) in [4.78, 5) is 19.1. The lowest BCUT2D eigenvalue weighted by atomic mass is 9.99. The molecule has 3 rings (SSSR count). The van der Waals surface area contributed by atoms with Crippen LogP contribution >= 0.6 is 0 Å². The van der Waals surface area contributed by atoms with Gasteiger partial charge in [0.15, 0.2) is 0 Å². The number of rotatable bonds is 5. The van der Waals surface area contributed by atoms with E-state index in [2.05, 4.69) is 29.0 Å². The number of hydrogen-bond donors (Lipinski definition) is 1. The molecular formula is C17H25N3O2. The van der Waals surface area contributed by atoms with Crippen LogP contribution in [0.15, 0.2) is 24.4 Å². The molecule has 0 saturated carbocycles. The Morgan fingerprint density at radius 3 is 3.05 bits per heavy atom. The maximum Gasteiger partial charge on any atom is 0.225 e. The molecule has 5 heteroatoms. The van der Waals surface area contributed by atoms with Gasteiger partial charge in [0.25, 0.3) is 0 Å². The number of carbonyl (C=O) groups excluding carboxylic acids is 1. The maximum absolute atomic E-state index is 12.3. The number of fused-ring (bicyclic) bond motifs is 2. The molecule has 0 aliphatic carbocycles. The van der Waals surface area contributed by atoms with Crippen molar-refractivity contribution in [2.24, 2.45) is 11.8 Å². The van der Waals surface area contributed by atoms with E-state index in [9.17, 15) is 4.79 Å². The molecule has 3 unspecified atom stereocenters. The Kier molecular flexibility index (Phi) is 4.74. The largest absolute Gasteiger partial charge is 0.371 e. The van der Waals surface area contributed by atoms with Crippen molar-refractivity contribution in [1.82, 2.24) is 15.2 Å². The minimum atomic E-state index is -0.00233. The van der Waals surface area contributed by atoms with Gasteiger partial charge in [-0.05, 0) is 24.5 Å². The van der Waals surface area contributed by atoms with Crippen LogP contribution in [0.2, 0.25) is 0 Å². The van der Waals surface area contributed by atoms with Gasteiger partial charge in [-0.1, -0.05) is 19.9 Å². The molecule has 2 aliphatic rings. The average molecular weight is 303 g/mol. The predicted molar refractivity (Wildman–Crippen MR) is 84.1 cm³/mol. The fraction of sp³-hybridized carbons (Fsp3) is 0.647. The van der Waals surface area contributed by atoms with Crippen molar-refractivity contribution in [1.29, 1.82) is 0 Å². The predicted octanol–water partition coefficient (Wildman–Crippen LogP) is 1.44. The van der Waals surface area contributed by atoms with Crippen LogP contribution in [0.5, 0.6) is 0 Å². The van der Waals surface area contributed by atoms with Gasteiger partial charge < -0.3 is 10.1 Å². The third-order valence-corrected chi connectivity index (χ3v) is 4.37. The number of amides is 1. The van der Waals surface area contributed by atoms with E-state index >= 15 is 0 Å². The quantitative estimate of drug-likeness (QED) is 0.894.